The standard InChI is InChI=1S/C22H20N6O/c1-15-13-27-6-7-28(14-21(27)26-15)22(29)10-19-9-18-8-16(2-3-17(18)11-25-19)20-12-23-4-5-24-20/h2-5,8-9,11-13H,6-7,10,14H2,1H3. The molecule has 4 aromatic rings. The van der Waals surface area contributed by atoms with Crippen molar-refractivity contribution in [2.75, 3.05) is 6.54 Å². The number of aromatic nitrogens is 5. The lowest BCUT2D eigenvalue weighted by molar-refractivity contribution is -0.132. The van der Waals surface area contributed by atoms with Gasteiger partial charge in [0.1, 0.15) is 5.82 Å². The number of hydrogen-bond acceptors (Lipinski definition) is 5. The molecule has 1 aliphatic rings. The zero-order valence-electron chi connectivity index (χ0n) is 16.1. The summed E-state index contributed by atoms with van der Waals surface area (Å²) in [7, 11) is 0. The van der Waals surface area contributed by atoms with Gasteiger partial charge in [-0.25, -0.2) is 4.98 Å². The monoisotopic (exact) mass is 384 g/mol. The van der Waals surface area contributed by atoms with Crippen molar-refractivity contribution in [1.29, 1.82) is 0 Å². The summed E-state index contributed by atoms with van der Waals surface area (Å²) in [6, 6.07) is 8.08. The summed E-state index contributed by atoms with van der Waals surface area (Å²) >= 11 is 0. The van der Waals surface area contributed by atoms with Crippen molar-refractivity contribution in [3.8, 4) is 11.3 Å². The molecule has 1 aromatic carbocycles. The molecule has 4 heterocycles. The Balaban J connectivity index is 1.37. The van der Waals surface area contributed by atoms with Crippen LogP contribution in [0.15, 0.2) is 55.2 Å². The van der Waals surface area contributed by atoms with Crippen LogP contribution in [0.3, 0.4) is 0 Å². The molecule has 0 spiro atoms. The van der Waals surface area contributed by atoms with Crippen LogP contribution in [0, 0.1) is 6.92 Å². The topological polar surface area (TPSA) is 76.8 Å². The highest BCUT2D eigenvalue weighted by Crippen LogP contribution is 2.23. The van der Waals surface area contributed by atoms with Crippen molar-refractivity contribution in [1.82, 2.24) is 29.4 Å². The number of benzene rings is 1. The van der Waals surface area contributed by atoms with Gasteiger partial charge in [0.25, 0.3) is 0 Å². The van der Waals surface area contributed by atoms with Crippen LogP contribution in [0.4, 0.5) is 0 Å². The van der Waals surface area contributed by atoms with Crippen LogP contribution in [0.2, 0.25) is 0 Å². The Kier molecular flexibility index (Phi) is 4.27. The SMILES string of the molecule is Cc1cn2c(n1)CN(C(=O)Cc1cc3cc(-c4cnccn4)ccc3cn1)CC2. The van der Waals surface area contributed by atoms with Gasteiger partial charge in [0, 0.05) is 48.8 Å². The van der Waals surface area contributed by atoms with Crippen LogP contribution >= 0.6 is 0 Å². The first-order chi connectivity index (χ1) is 14.2. The fourth-order valence-electron chi connectivity index (χ4n) is 3.77. The number of aryl methyl sites for hydroxylation is 1. The molecular formula is C22H20N6O. The van der Waals surface area contributed by atoms with E-state index in [1.807, 2.05) is 42.4 Å². The molecule has 3 aromatic heterocycles. The second-order valence-electron chi connectivity index (χ2n) is 7.31. The van der Waals surface area contributed by atoms with Crippen LogP contribution in [-0.2, 0) is 24.3 Å². The van der Waals surface area contributed by atoms with E-state index in [-0.39, 0.29) is 12.3 Å². The number of imidazole rings is 1. The number of carbonyl (C=O) groups is 1. The van der Waals surface area contributed by atoms with E-state index in [0.717, 1.165) is 45.8 Å². The van der Waals surface area contributed by atoms with Crippen LogP contribution in [-0.4, -0.2) is 41.9 Å². The predicted octanol–water partition coefficient (Wildman–Crippen LogP) is 2.78. The number of amides is 1. The number of pyridine rings is 1. The van der Waals surface area contributed by atoms with Crippen LogP contribution < -0.4 is 0 Å². The fraction of sp³-hybridized carbons (Fsp3) is 0.227. The lowest BCUT2D eigenvalue weighted by Gasteiger charge is -2.27. The van der Waals surface area contributed by atoms with Gasteiger partial charge < -0.3 is 9.47 Å². The average Bonchev–Trinajstić information content (AvgIpc) is 3.13. The molecule has 0 aliphatic carbocycles. The summed E-state index contributed by atoms with van der Waals surface area (Å²) in [6.45, 7) is 4.02. The summed E-state index contributed by atoms with van der Waals surface area (Å²) in [6.07, 6.45) is 9.23. The van der Waals surface area contributed by atoms with E-state index < -0.39 is 0 Å². The normalized spacial score (nSPS) is 13.5. The predicted molar refractivity (Wildman–Crippen MR) is 109 cm³/mol. The van der Waals surface area contributed by atoms with Crippen molar-refractivity contribution in [2.45, 2.75) is 26.4 Å². The van der Waals surface area contributed by atoms with Gasteiger partial charge in [0.15, 0.2) is 0 Å². The van der Waals surface area contributed by atoms with Crippen LogP contribution in [0.1, 0.15) is 17.2 Å². The summed E-state index contributed by atoms with van der Waals surface area (Å²) in [5, 5.41) is 2.07. The highest BCUT2D eigenvalue weighted by molar-refractivity contribution is 5.87. The Morgan fingerprint density at radius 3 is 2.86 bits per heavy atom. The number of hydrogen-bond donors (Lipinski definition) is 0. The first-order valence-corrected chi connectivity index (χ1v) is 9.61. The summed E-state index contributed by atoms with van der Waals surface area (Å²) < 4.78 is 2.13. The molecule has 29 heavy (non-hydrogen) atoms. The summed E-state index contributed by atoms with van der Waals surface area (Å²) in [5.74, 6) is 1.02. The molecule has 0 radical (unpaired) electrons. The van der Waals surface area contributed by atoms with E-state index in [2.05, 4.69) is 30.6 Å². The molecule has 0 bridgehead atoms. The Bertz CT molecular complexity index is 1200. The van der Waals surface area contributed by atoms with Crippen LogP contribution in [0.5, 0.6) is 0 Å². The molecule has 1 amide bonds. The minimum Gasteiger partial charge on any atom is -0.333 e. The van der Waals surface area contributed by atoms with E-state index in [4.69, 9.17) is 0 Å². The van der Waals surface area contributed by atoms with Crippen molar-refractivity contribution < 1.29 is 4.79 Å². The van der Waals surface area contributed by atoms with Gasteiger partial charge in [-0.15, -0.1) is 0 Å². The van der Waals surface area contributed by atoms with Crippen molar-refractivity contribution in [3.63, 3.8) is 0 Å². The summed E-state index contributed by atoms with van der Waals surface area (Å²) in [4.78, 5) is 32.2. The lowest BCUT2D eigenvalue weighted by atomic mass is 10.1. The third kappa shape index (κ3) is 3.47. The van der Waals surface area contributed by atoms with E-state index in [1.54, 1.807) is 18.6 Å². The quantitative estimate of drug-likeness (QED) is 0.543. The Labute approximate surface area is 168 Å². The molecule has 7 nitrogen and oxygen atoms in total. The smallest absolute Gasteiger partial charge is 0.229 e. The zero-order valence-corrected chi connectivity index (χ0v) is 16.1. The molecule has 7 heteroatoms. The minimum atomic E-state index is 0.0776. The molecule has 0 atom stereocenters. The largest absolute Gasteiger partial charge is 0.333 e. The van der Waals surface area contributed by atoms with Crippen LogP contribution in [0.25, 0.3) is 22.0 Å². The maximum atomic E-state index is 12.8. The van der Waals surface area contributed by atoms with Crippen molar-refractivity contribution in [3.05, 3.63) is 72.5 Å². The molecule has 5 rings (SSSR count). The molecule has 0 fully saturated rings. The number of carbonyl (C=O) groups excluding carboxylic acids is 1. The second-order valence-corrected chi connectivity index (χ2v) is 7.31. The first kappa shape index (κ1) is 17.5. The first-order valence-electron chi connectivity index (χ1n) is 9.61. The minimum absolute atomic E-state index is 0.0776. The van der Waals surface area contributed by atoms with Gasteiger partial charge in [-0.3, -0.25) is 19.7 Å². The van der Waals surface area contributed by atoms with E-state index in [1.165, 1.54) is 0 Å². The Morgan fingerprint density at radius 1 is 1.07 bits per heavy atom. The molecular weight excluding hydrogens is 364 g/mol. The number of fused-ring (bicyclic) bond motifs is 2. The second kappa shape index (κ2) is 7.09. The van der Waals surface area contributed by atoms with Crippen molar-refractivity contribution in [2.24, 2.45) is 0 Å². The Morgan fingerprint density at radius 2 is 2.00 bits per heavy atom. The average molecular weight is 384 g/mol. The lowest BCUT2D eigenvalue weighted by Crippen LogP contribution is -2.39. The van der Waals surface area contributed by atoms with Gasteiger partial charge in [-0.05, 0) is 24.4 Å². The van der Waals surface area contributed by atoms with Gasteiger partial charge in [-0.2, -0.15) is 0 Å². The molecule has 0 saturated carbocycles. The third-order valence-electron chi connectivity index (χ3n) is 5.25. The van der Waals surface area contributed by atoms with E-state index in [9.17, 15) is 4.79 Å². The van der Waals surface area contributed by atoms with Crippen molar-refractivity contribution >= 4 is 16.7 Å². The maximum absolute atomic E-state index is 12.8. The van der Waals surface area contributed by atoms with Gasteiger partial charge in [0.2, 0.25) is 5.91 Å². The van der Waals surface area contributed by atoms with Gasteiger partial charge >= 0.3 is 0 Å². The molecule has 1 aliphatic heterocycles. The van der Waals surface area contributed by atoms with Gasteiger partial charge in [-0.1, -0.05) is 12.1 Å². The number of nitrogens with zero attached hydrogens (tertiary/aromatic N) is 6. The Hall–Kier alpha value is -3.61. The molecule has 0 unspecified atom stereocenters. The zero-order chi connectivity index (χ0) is 19.8. The molecule has 144 valence electrons. The third-order valence-corrected chi connectivity index (χ3v) is 5.25. The molecule has 0 saturated heterocycles. The molecule has 0 N–H and O–H groups in total. The van der Waals surface area contributed by atoms with E-state index in [0.29, 0.717) is 13.1 Å². The number of rotatable bonds is 3. The van der Waals surface area contributed by atoms with E-state index >= 15 is 0 Å². The highest BCUT2D eigenvalue weighted by atomic mass is 16.2. The summed E-state index contributed by atoms with van der Waals surface area (Å²) in [5.41, 5.74) is 3.57. The fourth-order valence-corrected chi connectivity index (χ4v) is 3.77. The van der Waals surface area contributed by atoms with Gasteiger partial charge in [0.05, 0.1) is 36.2 Å². The highest BCUT2D eigenvalue weighted by Gasteiger charge is 2.22. The maximum Gasteiger partial charge on any atom is 0.229 e.